The van der Waals surface area contributed by atoms with Crippen LogP contribution in [0, 0.1) is 0 Å². The van der Waals surface area contributed by atoms with Gasteiger partial charge in [0.25, 0.3) is 11.1 Å². The maximum Gasteiger partial charge on any atom is 0.331 e. The Morgan fingerprint density at radius 3 is 1.66 bits per heavy atom. The molecule has 0 atom stereocenters. The smallest absolute Gasteiger partial charge is 0.298 e. The van der Waals surface area contributed by atoms with Crippen LogP contribution in [0.3, 0.4) is 0 Å². The molecule has 0 amide bonds. The molecule has 4 rings (SSSR count). The van der Waals surface area contributed by atoms with Gasteiger partial charge in [-0.2, -0.15) is 0 Å². The summed E-state index contributed by atoms with van der Waals surface area (Å²) >= 11 is 12.8. The Morgan fingerprint density at radius 2 is 1.21 bits per heavy atom. The normalized spacial score (nSPS) is 11.2. The molecule has 14 heteroatoms. The molecule has 0 saturated heterocycles. The van der Waals surface area contributed by atoms with E-state index in [0.29, 0.717) is 49.7 Å². The minimum absolute atomic E-state index is 0.178. The highest BCUT2D eigenvalue weighted by Gasteiger charge is 2.20. The summed E-state index contributed by atoms with van der Waals surface area (Å²) in [6.07, 6.45) is 4.07. The van der Waals surface area contributed by atoms with Gasteiger partial charge in [0.15, 0.2) is 6.29 Å². The number of aromatic nitrogens is 4. The van der Waals surface area contributed by atoms with E-state index in [-0.39, 0.29) is 22.5 Å². The summed E-state index contributed by atoms with van der Waals surface area (Å²) in [5.74, 6) is 0. The van der Waals surface area contributed by atoms with Crippen LogP contribution in [0.2, 0.25) is 0 Å². The topological polar surface area (TPSA) is 105 Å². The van der Waals surface area contributed by atoms with Gasteiger partial charge in [-0.25, -0.2) is 9.59 Å². The molecule has 0 fully saturated rings. The summed E-state index contributed by atoms with van der Waals surface area (Å²) in [5.41, 5.74) is 0.119. The van der Waals surface area contributed by atoms with Crippen LogP contribution in [-0.4, -0.2) is 24.6 Å². The summed E-state index contributed by atoms with van der Waals surface area (Å²) in [7, 11) is 3.33. The van der Waals surface area contributed by atoms with Crippen LogP contribution < -0.4 is 22.5 Å². The third-order valence-electron chi connectivity index (χ3n) is 6.11. The van der Waals surface area contributed by atoms with E-state index in [2.05, 4.69) is 47.8 Å². The zero-order valence-electron chi connectivity index (χ0n) is 21.3. The van der Waals surface area contributed by atoms with Gasteiger partial charge in [-0.15, -0.1) is 22.7 Å². The van der Waals surface area contributed by atoms with Crippen LogP contribution in [-0.2, 0) is 32.5 Å². The fourth-order valence-corrected chi connectivity index (χ4v) is 8.57. The van der Waals surface area contributed by atoms with Crippen molar-refractivity contribution < 1.29 is 4.79 Å². The van der Waals surface area contributed by atoms with Crippen molar-refractivity contribution in [3.05, 3.63) is 60.4 Å². The average molecular weight is 755 g/mol. The van der Waals surface area contributed by atoms with Gasteiger partial charge in [0.05, 0.1) is 23.9 Å². The second-order valence-corrected chi connectivity index (χ2v) is 13.8. The van der Waals surface area contributed by atoms with E-state index < -0.39 is 0 Å². The number of halogens is 3. The number of carbonyl (C=O) groups is 1. The molecule has 38 heavy (non-hydrogen) atoms. The van der Waals surface area contributed by atoms with Crippen molar-refractivity contribution >= 4 is 97.2 Å². The number of hydrogen-bond acceptors (Lipinski definition) is 7. The highest BCUT2D eigenvalue weighted by Crippen LogP contribution is 2.34. The molecule has 0 N–H and O–H groups in total. The van der Waals surface area contributed by atoms with Gasteiger partial charge < -0.3 is 0 Å². The quantitative estimate of drug-likeness (QED) is 0.178. The first-order valence-corrected chi connectivity index (χ1v) is 16.2. The molecule has 4 aromatic heterocycles. The van der Waals surface area contributed by atoms with Gasteiger partial charge in [-0.3, -0.25) is 32.7 Å². The Morgan fingerprint density at radius 1 is 0.763 bits per heavy atom. The van der Waals surface area contributed by atoms with Crippen molar-refractivity contribution in [3.63, 3.8) is 0 Å². The lowest BCUT2D eigenvalue weighted by Gasteiger charge is -2.08. The third-order valence-corrected chi connectivity index (χ3v) is 10.7. The van der Waals surface area contributed by atoms with Crippen LogP contribution >= 0.6 is 70.5 Å². The minimum Gasteiger partial charge on any atom is -0.298 e. The second kappa shape index (κ2) is 13.2. The highest BCUT2D eigenvalue weighted by molar-refractivity contribution is 9.11. The largest absolute Gasteiger partial charge is 0.331 e. The van der Waals surface area contributed by atoms with Gasteiger partial charge in [0.1, 0.15) is 9.66 Å². The van der Waals surface area contributed by atoms with E-state index in [0.717, 1.165) is 39.9 Å². The van der Waals surface area contributed by atoms with Crippen LogP contribution in [0.15, 0.2) is 26.8 Å². The fraction of sp³-hybridized carbons (Fsp3) is 0.458. The number of aryl methyl sites for hydroxylation is 2. The Hall–Kier alpha value is -1.61. The Bertz CT molecular complexity index is 1740. The zero-order chi connectivity index (χ0) is 28.3. The van der Waals surface area contributed by atoms with E-state index in [1.165, 1.54) is 36.4 Å². The van der Waals surface area contributed by atoms with Gasteiger partial charge in [-0.1, -0.05) is 42.6 Å². The molecule has 0 aliphatic carbocycles. The first-order valence-electron chi connectivity index (χ1n) is 11.9. The number of carbonyl (C=O) groups excluding carboxylic acids is 1. The standard InChI is InChI=1S/C12H14Br2N2O2S.C12H13BrN2O3S/c1-3-4-5-16-10(17)8-7(6-13)9(14)19-11(8)15(2)12(16)18;1-3-4-5-15-10(17)8-7(6-16)9(13)19-11(8)14(2)12(15)18/h3-6H2,1-2H3;6H,3-5H2,1-2H3. The number of unbranched alkanes of at least 4 members (excludes halogenated alkanes) is 2. The number of aldehydes is 1. The van der Waals surface area contributed by atoms with Gasteiger partial charge in [-0.05, 0) is 44.7 Å². The molecular formula is C24H27Br3N4O5S2. The summed E-state index contributed by atoms with van der Waals surface area (Å²) in [4.78, 5) is 61.6. The maximum atomic E-state index is 12.5. The third kappa shape index (κ3) is 5.65. The predicted octanol–water partition coefficient (Wildman–Crippen LogP) is 5.36. The summed E-state index contributed by atoms with van der Waals surface area (Å²) in [6.45, 7) is 4.89. The predicted molar refractivity (Wildman–Crippen MR) is 166 cm³/mol. The SMILES string of the molecule is CCCCn1c(=O)c2c(C=O)c(Br)sc2n(C)c1=O.CCCCn1c(=O)c2c(CBr)c(Br)sc2n(C)c1=O. The molecule has 4 heterocycles. The molecule has 4 aromatic rings. The van der Waals surface area contributed by atoms with Crippen molar-refractivity contribution in [2.75, 3.05) is 0 Å². The molecule has 0 bridgehead atoms. The van der Waals surface area contributed by atoms with Crippen LogP contribution in [0.4, 0.5) is 0 Å². The van der Waals surface area contributed by atoms with E-state index >= 15 is 0 Å². The highest BCUT2D eigenvalue weighted by atomic mass is 79.9. The fourth-order valence-electron chi connectivity index (χ4n) is 3.96. The molecule has 0 aliphatic heterocycles. The molecule has 9 nitrogen and oxygen atoms in total. The second-order valence-electron chi connectivity index (χ2n) is 8.56. The zero-order valence-corrected chi connectivity index (χ0v) is 27.7. The van der Waals surface area contributed by atoms with Crippen LogP contribution in [0.25, 0.3) is 20.4 Å². The molecule has 0 unspecified atom stereocenters. The van der Waals surface area contributed by atoms with Crippen LogP contribution in [0.1, 0.15) is 55.5 Å². The first-order chi connectivity index (χ1) is 18.0. The molecule has 0 radical (unpaired) electrons. The molecular weight excluding hydrogens is 728 g/mol. The minimum atomic E-state index is -0.379. The van der Waals surface area contributed by atoms with Crippen molar-refractivity contribution in [1.29, 1.82) is 0 Å². The number of hydrogen-bond donors (Lipinski definition) is 0. The Kier molecular flexibility index (Phi) is 10.7. The van der Waals surface area contributed by atoms with E-state index in [1.807, 2.05) is 13.8 Å². The Labute approximate surface area is 251 Å². The lowest BCUT2D eigenvalue weighted by molar-refractivity contribution is 0.112. The number of nitrogens with zero attached hydrogens (tertiary/aromatic N) is 4. The lowest BCUT2D eigenvalue weighted by atomic mass is 10.2. The van der Waals surface area contributed by atoms with Crippen LogP contribution in [0.5, 0.6) is 0 Å². The lowest BCUT2D eigenvalue weighted by Crippen LogP contribution is -2.38. The number of fused-ring (bicyclic) bond motifs is 2. The Balaban J connectivity index is 0.000000211. The number of rotatable bonds is 8. The summed E-state index contributed by atoms with van der Waals surface area (Å²) in [6, 6.07) is 0. The van der Waals surface area contributed by atoms with Crippen molar-refractivity contribution in [1.82, 2.24) is 18.3 Å². The van der Waals surface area contributed by atoms with E-state index in [1.54, 1.807) is 18.7 Å². The number of alkyl halides is 1. The van der Waals surface area contributed by atoms with Gasteiger partial charge in [0, 0.05) is 38.1 Å². The van der Waals surface area contributed by atoms with E-state index in [9.17, 15) is 24.0 Å². The molecule has 0 saturated carbocycles. The van der Waals surface area contributed by atoms with Gasteiger partial charge in [0.2, 0.25) is 0 Å². The molecule has 0 spiro atoms. The summed E-state index contributed by atoms with van der Waals surface area (Å²) in [5, 5.41) is 1.56. The monoisotopic (exact) mass is 752 g/mol. The first kappa shape index (κ1) is 30.9. The van der Waals surface area contributed by atoms with E-state index in [4.69, 9.17) is 0 Å². The van der Waals surface area contributed by atoms with Crippen molar-refractivity contribution in [3.8, 4) is 0 Å². The van der Waals surface area contributed by atoms with Crippen molar-refractivity contribution in [2.45, 2.75) is 58.0 Å². The maximum absolute atomic E-state index is 12.5. The number of thiophene rings is 2. The summed E-state index contributed by atoms with van der Waals surface area (Å²) < 4.78 is 7.02. The molecule has 0 aliphatic rings. The molecule has 0 aromatic carbocycles. The van der Waals surface area contributed by atoms with Crippen molar-refractivity contribution in [2.24, 2.45) is 14.1 Å². The molecule has 206 valence electrons. The average Bonchev–Trinajstić information content (AvgIpc) is 3.42. The van der Waals surface area contributed by atoms with Gasteiger partial charge >= 0.3 is 11.4 Å².